The fourth-order valence-corrected chi connectivity index (χ4v) is 0.391. The van der Waals surface area contributed by atoms with Crippen molar-refractivity contribution < 1.29 is 0 Å². The van der Waals surface area contributed by atoms with Crippen LogP contribution in [0.15, 0.2) is 16.3 Å². The van der Waals surface area contributed by atoms with Gasteiger partial charge in [0.05, 0.1) is 0 Å². The first-order valence-corrected chi connectivity index (χ1v) is 2.85. The molecule has 0 amide bonds. The van der Waals surface area contributed by atoms with Crippen LogP contribution in [0.2, 0.25) is 0 Å². The molecule has 0 aromatic rings. The average Bonchev–Trinajstić information content (AvgIpc) is 1.84. The second-order valence-electron chi connectivity index (χ2n) is 1.88. The molecule has 0 saturated heterocycles. The maximum atomic E-state index is 3.79. The largest absolute Gasteiger partial charge is 0.269 e. The molecule has 0 aromatic heterocycles. The lowest BCUT2D eigenvalue weighted by Gasteiger charge is -1.95. The van der Waals surface area contributed by atoms with Crippen LogP contribution in [0.25, 0.3) is 0 Å². The summed E-state index contributed by atoms with van der Waals surface area (Å²) in [4.78, 5) is 3.79. The van der Waals surface area contributed by atoms with E-state index in [9.17, 15) is 0 Å². The van der Waals surface area contributed by atoms with Crippen molar-refractivity contribution in [3.8, 4) is 0 Å². The van der Waals surface area contributed by atoms with Crippen LogP contribution in [-0.4, -0.2) is 6.72 Å². The Labute approximate surface area is 51.1 Å². The first-order chi connectivity index (χ1) is 3.72. The number of rotatable bonds is 2. The van der Waals surface area contributed by atoms with Gasteiger partial charge >= 0.3 is 0 Å². The maximum Gasteiger partial charge on any atom is 0.0354 e. The molecule has 0 aromatic carbocycles. The second kappa shape index (κ2) is 3.42. The number of hydrogen-bond donors (Lipinski definition) is 0. The molecule has 0 rings (SSSR count). The van der Waals surface area contributed by atoms with Crippen LogP contribution in [-0.2, 0) is 0 Å². The lowest BCUT2D eigenvalue weighted by molar-refractivity contribution is 1.04. The van der Waals surface area contributed by atoms with E-state index in [1.54, 1.807) is 0 Å². The zero-order valence-corrected chi connectivity index (χ0v) is 5.86. The van der Waals surface area contributed by atoms with Crippen molar-refractivity contribution in [2.75, 3.05) is 0 Å². The van der Waals surface area contributed by atoms with E-state index in [-0.39, 0.29) is 0 Å². The fourth-order valence-electron chi connectivity index (χ4n) is 0.391. The molecule has 0 N–H and O–H groups in total. The molecule has 0 unspecified atom stereocenters. The summed E-state index contributed by atoms with van der Waals surface area (Å²) in [6.45, 7) is 9.59. The van der Waals surface area contributed by atoms with E-state index in [1.807, 2.05) is 6.92 Å². The molecule has 0 aliphatic rings. The average molecular weight is 111 g/mol. The quantitative estimate of drug-likeness (QED) is 0.485. The third kappa shape index (κ3) is 1.92. The first kappa shape index (κ1) is 7.41. The molecule has 0 atom stereocenters. The second-order valence-corrected chi connectivity index (χ2v) is 1.88. The zero-order valence-electron chi connectivity index (χ0n) is 5.86. The minimum atomic E-state index is 1.06. The molecule has 1 heteroatoms. The van der Waals surface area contributed by atoms with Gasteiger partial charge in [-0.25, -0.2) is 0 Å². The van der Waals surface area contributed by atoms with Gasteiger partial charge < -0.3 is 0 Å². The van der Waals surface area contributed by atoms with Crippen molar-refractivity contribution in [3.63, 3.8) is 0 Å². The molecule has 0 aliphatic heterocycles. The van der Waals surface area contributed by atoms with Crippen molar-refractivity contribution in [1.29, 1.82) is 0 Å². The summed E-state index contributed by atoms with van der Waals surface area (Å²) in [6, 6.07) is 0. The minimum Gasteiger partial charge on any atom is -0.269 e. The number of nitrogens with zero attached hydrogens (tertiary/aromatic N) is 1. The highest BCUT2D eigenvalue weighted by Crippen LogP contribution is 2.06. The van der Waals surface area contributed by atoms with Gasteiger partial charge in [-0.3, -0.25) is 4.99 Å². The Kier molecular flexibility index (Phi) is 3.16. The van der Waals surface area contributed by atoms with E-state index in [4.69, 9.17) is 0 Å². The number of allylic oxidation sites excluding steroid dienone is 2. The molecule has 0 radical (unpaired) electrons. The minimum absolute atomic E-state index is 1.06. The van der Waals surface area contributed by atoms with E-state index in [2.05, 4.69) is 25.6 Å². The van der Waals surface area contributed by atoms with Crippen molar-refractivity contribution in [2.45, 2.75) is 27.2 Å². The summed E-state index contributed by atoms with van der Waals surface area (Å²) in [5.74, 6) is 0. The Hall–Kier alpha value is -0.590. The van der Waals surface area contributed by atoms with Gasteiger partial charge in [-0.15, -0.1) is 0 Å². The highest BCUT2D eigenvalue weighted by Gasteiger charge is 1.86. The Morgan fingerprint density at radius 3 is 2.12 bits per heavy atom. The SMILES string of the molecule is C=N/C(C)=C(/C)CC. The molecule has 46 valence electrons. The van der Waals surface area contributed by atoms with Crippen molar-refractivity contribution in [1.82, 2.24) is 0 Å². The van der Waals surface area contributed by atoms with Crippen molar-refractivity contribution >= 4 is 6.72 Å². The van der Waals surface area contributed by atoms with E-state index in [1.165, 1.54) is 5.57 Å². The normalized spacial score (nSPS) is 12.9. The molecule has 1 nitrogen and oxygen atoms in total. The van der Waals surface area contributed by atoms with Gasteiger partial charge in [0.25, 0.3) is 0 Å². The molecule has 0 spiro atoms. The number of hydrogen-bond acceptors (Lipinski definition) is 1. The Morgan fingerprint density at radius 2 is 2.00 bits per heavy atom. The van der Waals surface area contributed by atoms with E-state index >= 15 is 0 Å². The summed E-state index contributed by atoms with van der Waals surface area (Å²) >= 11 is 0. The Balaban J connectivity index is 4.03. The molecule has 0 bridgehead atoms. The van der Waals surface area contributed by atoms with Crippen LogP contribution >= 0.6 is 0 Å². The van der Waals surface area contributed by atoms with Crippen molar-refractivity contribution in [3.05, 3.63) is 11.3 Å². The van der Waals surface area contributed by atoms with Gasteiger partial charge in [0.15, 0.2) is 0 Å². The van der Waals surface area contributed by atoms with Gasteiger partial charge in [0.1, 0.15) is 0 Å². The van der Waals surface area contributed by atoms with E-state index in [0.29, 0.717) is 0 Å². The summed E-state index contributed by atoms with van der Waals surface area (Å²) in [7, 11) is 0. The predicted molar refractivity (Wildman–Crippen MR) is 38.2 cm³/mol. The first-order valence-electron chi connectivity index (χ1n) is 2.85. The topological polar surface area (TPSA) is 12.4 Å². The Morgan fingerprint density at radius 1 is 1.50 bits per heavy atom. The van der Waals surface area contributed by atoms with Crippen LogP contribution in [0.5, 0.6) is 0 Å². The lowest BCUT2D eigenvalue weighted by Crippen LogP contribution is -1.76. The summed E-state index contributed by atoms with van der Waals surface area (Å²) in [6.07, 6.45) is 1.07. The van der Waals surface area contributed by atoms with Crippen LogP contribution in [0.3, 0.4) is 0 Å². The van der Waals surface area contributed by atoms with Crippen molar-refractivity contribution in [2.24, 2.45) is 4.99 Å². The summed E-state index contributed by atoms with van der Waals surface area (Å²) in [5.41, 5.74) is 2.38. The molecular formula is C7H13N. The highest BCUT2D eigenvalue weighted by atomic mass is 14.7. The highest BCUT2D eigenvalue weighted by molar-refractivity contribution is 5.29. The molecule has 0 saturated carbocycles. The number of aliphatic imine (C=N–C) groups is 1. The maximum absolute atomic E-state index is 3.79. The Bertz CT molecular complexity index is 112. The predicted octanol–water partition coefficient (Wildman–Crippen LogP) is 2.39. The summed E-state index contributed by atoms with van der Waals surface area (Å²) in [5, 5.41) is 0. The van der Waals surface area contributed by atoms with Gasteiger partial charge in [-0.2, -0.15) is 0 Å². The van der Waals surface area contributed by atoms with Crippen LogP contribution in [0.1, 0.15) is 27.2 Å². The monoisotopic (exact) mass is 111 g/mol. The molecule has 8 heavy (non-hydrogen) atoms. The van der Waals surface area contributed by atoms with Gasteiger partial charge in [-0.1, -0.05) is 12.5 Å². The fraction of sp³-hybridized carbons (Fsp3) is 0.571. The third-order valence-corrected chi connectivity index (χ3v) is 1.39. The van der Waals surface area contributed by atoms with Gasteiger partial charge in [0, 0.05) is 5.70 Å². The van der Waals surface area contributed by atoms with E-state index in [0.717, 1.165) is 12.1 Å². The van der Waals surface area contributed by atoms with Gasteiger partial charge in [-0.05, 0) is 27.0 Å². The van der Waals surface area contributed by atoms with Crippen LogP contribution in [0, 0.1) is 0 Å². The molecule has 0 aliphatic carbocycles. The zero-order chi connectivity index (χ0) is 6.57. The van der Waals surface area contributed by atoms with E-state index < -0.39 is 0 Å². The molecular weight excluding hydrogens is 98.1 g/mol. The molecule has 0 fully saturated rings. The standard InChI is InChI=1S/C7H13N/c1-5-6(2)7(3)8-4/h4-5H2,1-3H3/b7-6-. The summed E-state index contributed by atoms with van der Waals surface area (Å²) < 4.78 is 0. The third-order valence-electron chi connectivity index (χ3n) is 1.39. The van der Waals surface area contributed by atoms with Crippen LogP contribution < -0.4 is 0 Å². The van der Waals surface area contributed by atoms with Gasteiger partial charge in [0.2, 0.25) is 0 Å². The van der Waals surface area contributed by atoms with Crippen LogP contribution in [0.4, 0.5) is 0 Å². The lowest BCUT2D eigenvalue weighted by atomic mass is 10.2. The molecule has 0 heterocycles. The smallest absolute Gasteiger partial charge is 0.0354 e.